The summed E-state index contributed by atoms with van der Waals surface area (Å²) in [5.41, 5.74) is 0.583. The number of carbonyl (C=O) groups is 2. The summed E-state index contributed by atoms with van der Waals surface area (Å²) in [6.07, 6.45) is 1.14. The number of hydrogen-bond acceptors (Lipinski definition) is 7. The van der Waals surface area contributed by atoms with Crippen molar-refractivity contribution >= 4 is 50.3 Å². The van der Waals surface area contributed by atoms with Gasteiger partial charge in [0.1, 0.15) is 17.3 Å². The van der Waals surface area contributed by atoms with E-state index >= 15 is 0 Å². The molecule has 9 heteroatoms. The maximum Gasteiger partial charge on any atom is 0.374 e. The van der Waals surface area contributed by atoms with Crippen LogP contribution in [-0.2, 0) is 14.3 Å². The van der Waals surface area contributed by atoms with Crippen LogP contribution in [0.1, 0.15) is 26.2 Å². The molecule has 3 aromatic rings. The average Bonchev–Trinajstić information content (AvgIpc) is 2.80. The fourth-order valence-electron chi connectivity index (χ4n) is 3.17. The minimum Gasteiger partial charge on any atom is -0.496 e. The molecule has 1 heterocycles. The summed E-state index contributed by atoms with van der Waals surface area (Å²) in [5.74, 6) is -0.0873. The van der Waals surface area contributed by atoms with E-state index in [1.54, 1.807) is 37.3 Å². The molecule has 0 aliphatic carbocycles. The Hall–Kier alpha value is -2.84. The molecule has 0 fully saturated rings. The zero-order valence-electron chi connectivity index (χ0n) is 18.1. The first-order valence-corrected chi connectivity index (χ1v) is 11.5. The summed E-state index contributed by atoms with van der Waals surface area (Å²) in [6.45, 7) is 2.14. The lowest BCUT2D eigenvalue weighted by Gasteiger charge is -2.14. The second kappa shape index (κ2) is 11.3. The lowest BCUT2D eigenvalue weighted by Crippen LogP contribution is -2.17. The molecule has 0 atom stereocenters. The molecule has 0 aliphatic heterocycles. The van der Waals surface area contributed by atoms with Gasteiger partial charge in [-0.2, -0.15) is 0 Å². The summed E-state index contributed by atoms with van der Waals surface area (Å²) >= 11 is 9.68. The van der Waals surface area contributed by atoms with Crippen LogP contribution in [0.3, 0.4) is 0 Å². The van der Waals surface area contributed by atoms with Crippen LogP contribution in [0.4, 0.5) is 0 Å². The normalized spacial score (nSPS) is 10.8. The highest BCUT2D eigenvalue weighted by Gasteiger charge is 2.17. The van der Waals surface area contributed by atoms with Crippen molar-refractivity contribution in [3.05, 3.63) is 56.1 Å². The van der Waals surface area contributed by atoms with Crippen LogP contribution in [0.25, 0.3) is 22.3 Å². The van der Waals surface area contributed by atoms with Gasteiger partial charge in [-0.25, -0.2) is 4.79 Å². The number of ether oxygens (including phenoxy) is 3. The van der Waals surface area contributed by atoms with Crippen LogP contribution >= 0.6 is 27.5 Å². The first-order valence-electron chi connectivity index (χ1n) is 10.3. The number of benzene rings is 2. The molecule has 0 bridgehead atoms. The standard InChI is InChI=1S/C24H22BrClO7/c1-3-31-24(29)18(27)9-4-5-10-32-22-11-15(20(30-2)12-16(22)25)21-13-19(28)14-7-6-8-17(26)23(14)33-21/h6-8,11-13H,3-5,9-10H2,1-2H3. The molecule has 0 unspecified atom stereocenters. The lowest BCUT2D eigenvalue weighted by atomic mass is 10.1. The molecule has 3 rings (SSSR count). The van der Waals surface area contributed by atoms with Crippen molar-refractivity contribution in [3.8, 4) is 22.8 Å². The number of ketones is 1. The van der Waals surface area contributed by atoms with E-state index in [4.69, 9.17) is 25.5 Å². The Morgan fingerprint density at radius 2 is 1.91 bits per heavy atom. The summed E-state index contributed by atoms with van der Waals surface area (Å²) in [5, 5.41) is 0.715. The van der Waals surface area contributed by atoms with Crippen LogP contribution in [0.2, 0.25) is 5.02 Å². The third-order valence-electron chi connectivity index (χ3n) is 4.78. The highest BCUT2D eigenvalue weighted by Crippen LogP contribution is 2.39. The van der Waals surface area contributed by atoms with Gasteiger partial charge in [-0.15, -0.1) is 0 Å². The molecule has 33 heavy (non-hydrogen) atoms. The molecule has 0 saturated carbocycles. The van der Waals surface area contributed by atoms with Gasteiger partial charge in [-0.1, -0.05) is 17.7 Å². The number of esters is 1. The molecule has 2 aromatic carbocycles. The molecule has 0 N–H and O–H groups in total. The largest absolute Gasteiger partial charge is 0.496 e. The Balaban J connectivity index is 1.78. The number of fused-ring (bicyclic) bond motifs is 1. The number of carbonyl (C=O) groups excluding carboxylic acids is 2. The number of Topliss-reactive ketones (excluding diaryl/α,β-unsaturated/α-hetero) is 1. The average molecular weight is 538 g/mol. The van der Waals surface area contributed by atoms with Crippen LogP contribution in [0, 0.1) is 0 Å². The molecule has 0 aliphatic rings. The van der Waals surface area contributed by atoms with Gasteiger partial charge < -0.3 is 18.6 Å². The molecule has 174 valence electrons. The van der Waals surface area contributed by atoms with E-state index in [1.165, 1.54) is 13.2 Å². The van der Waals surface area contributed by atoms with Gasteiger partial charge in [-0.3, -0.25) is 9.59 Å². The zero-order chi connectivity index (χ0) is 24.0. The van der Waals surface area contributed by atoms with Crippen LogP contribution in [-0.4, -0.2) is 32.1 Å². The number of unbranched alkanes of at least 4 members (excludes halogenated alkanes) is 1. The topological polar surface area (TPSA) is 92.0 Å². The Labute approximate surface area is 203 Å². The van der Waals surface area contributed by atoms with Gasteiger partial charge in [0.05, 0.1) is 40.8 Å². The molecule has 0 radical (unpaired) electrons. The molecule has 0 spiro atoms. The Morgan fingerprint density at radius 1 is 1.12 bits per heavy atom. The quantitative estimate of drug-likeness (QED) is 0.190. The van der Waals surface area contributed by atoms with Gasteiger partial charge >= 0.3 is 5.97 Å². The van der Waals surface area contributed by atoms with Gasteiger partial charge in [-0.05, 0) is 60.0 Å². The van der Waals surface area contributed by atoms with Gasteiger partial charge in [0.2, 0.25) is 5.78 Å². The predicted octanol–water partition coefficient (Wildman–Crippen LogP) is 5.57. The van der Waals surface area contributed by atoms with E-state index in [-0.39, 0.29) is 24.2 Å². The third kappa shape index (κ3) is 5.94. The second-order valence-electron chi connectivity index (χ2n) is 7.02. The van der Waals surface area contributed by atoms with Crippen molar-refractivity contribution in [2.75, 3.05) is 20.3 Å². The predicted molar refractivity (Wildman–Crippen MR) is 128 cm³/mol. The second-order valence-corrected chi connectivity index (χ2v) is 8.29. The number of hydrogen-bond donors (Lipinski definition) is 0. The highest BCUT2D eigenvalue weighted by molar-refractivity contribution is 9.10. The summed E-state index contributed by atoms with van der Waals surface area (Å²) in [6, 6.07) is 9.79. The SMILES string of the molecule is CCOC(=O)C(=O)CCCCOc1cc(-c2cc(=O)c3cccc(Cl)c3o2)c(OC)cc1Br. The smallest absolute Gasteiger partial charge is 0.374 e. The molecular formula is C24H22BrClO7. The fourth-order valence-corrected chi connectivity index (χ4v) is 3.82. The van der Waals surface area contributed by atoms with Crippen LogP contribution in [0.5, 0.6) is 11.5 Å². The minimum absolute atomic E-state index is 0.0975. The van der Waals surface area contributed by atoms with Crippen molar-refractivity contribution in [3.63, 3.8) is 0 Å². The van der Waals surface area contributed by atoms with Gasteiger partial charge in [0.15, 0.2) is 11.0 Å². The third-order valence-corrected chi connectivity index (χ3v) is 5.70. The maximum atomic E-state index is 12.6. The zero-order valence-corrected chi connectivity index (χ0v) is 20.5. The summed E-state index contributed by atoms with van der Waals surface area (Å²) < 4.78 is 22.6. The highest BCUT2D eigenvalue weighted by atomic mass is 79.9. The fraction of sp³-hybridized carbons (Fsp3) is 0.292. The van der Waals surface area contributed by atoms with Gasteiger partial charge in [0, 0.05) is 12.5 Å². The Morgan fingerprint density at radius 3 is 2.64 bits per heavy atom. The van der Waals surface area contributed by atoms with Crippen LogP contribution < -0.4 is 14.9 Å². The molecule has 0 amide bonds. The maximum absolute atomic E-state index is 12.6. The van der Waals surface area contributed by atoms with Crippen LogP contribution in [0.15, 0.2) is 50.1 Å². The van der Waals surface area contributed by atoms with E-state index in [2.05, 4.69) is 20.7 Å². The summed E-state index contributed by atoms with van der Waals surface area (Å²) in [7, 11) is 1.51. The van der Waals surface area contributed by atoms with Gasteiger partial charge in [0.25, 0.3) is 0 Å². The van der Waals surface area contributed by atoms with Crippen molar-refractivity contribution < 1.29 is 28.2 Å². The monoisotopic (exact) mass is 536 g/mol. The number of halogens is 2. The minimum atomic E-state index is -0.807. The summed E-state index contributed by atoms with van der Waals surface area (Å²) in [4.78, 5) is 35.6. The Bertz CT molecular complexity index is 1240. The van der Waals surface area contributed by atoms with E-state index in [9.17, 15) is 14.4 Å². The molecule has 0 saturated heterocycles. The van der Waals surface area contributed by atoms with Crippen molar-refractivity contribution in [1.82, 2.24) is 0 Å². The van der Waals surface area contributed by atoms with Crippen molar-refractivity contribution in [2.45, 2.75) is 26.2 Å². The van der Waals surface area contributed by atoms with E-state index in [0.29, 0.717) is 57.0 Å². The van der Waals surface area contributed by atoms with E-state index < -0.39 is 11.8 Å². The number of para-hydroxylation sites is 1. The first kappa shape index (κ1) is 24.8. The lowest BCUT2D eigenvalue weighted by molar-refractivity contribution is -0.153. The Kier molecular flexibility index (Phi) is 8.52. The van der Waals surface area contributed by atoms with Crippen molar-refractivity contribution in [2.24, 2.45) is 0 Å². The van der Waals surface area contributed by atoms with E-state index in [0.717, 1.165) is 0 Å². The molecular weight excluding hydrogens is 516 g/mol. The molecule has 7 nitrogen and oxygen atoms in total. The van der Waals surface area contributed by atoms with Crippen molar-refractivity contribution in [1.29, 1.82) is 0 Å². The number of rotatable bonds is 10. The molecule has 1 aromatic heterocycles. The first-order chi connectivity index (χ1) is 15.8. The van der Waals surface area contributed by atoms with E-state index in [1.807, 2.05) is 0 Å². The number of methoxy groups -OCH3 is 1.